The fraction of sp³-hybridized carbons (Fsp3) is 0.684. The van der Waals surface area contributed by atoms with Crippen LogP contribution >= 0.6 is 0 Å². The molecule has 2 aliphatic heterocycles. The fourth-order valence-electron chi connectivity index (χ4n) is 4.05. The van der Waals surface area contributed by atoms with Gasteiger partial charge in [-0.2, -0.15) is 0 Å². The van der Waals surface area contributed by atoms with Gasteiger partial charge in [0.05, 0.1) is 23.9 Å². The van der Waals surface area contributed by atoms with Gasteiger partial charge in [-0.3, -0.25) is 0 Å². The molecule has 2 nitrogen and oxygen atoms in total. The first kappa shape index (κ1) is 15.1. The number of benzene rings is 1. The second kappa shape index (κ2) is 5.40. The predicted octanol–water partition coefficient (Wildman–Crippen LogP) is 4.64. The quantitative estimate of drug-likeness (QED) is 0.803. The van der Waals surface area contributed by atoms with E-state index >= 15 is 0 Å². The van der Waals surface area contributed by atoms with Crippen LogP contribution in [0, 0.1) is 12.8 Å². The van der Waals surface area contributed by atoms with Crippen LogP contribution in [0.15, 0.2) is 24.3 Å². The molecule has 0 aromatic heterocycles. The molecule has 3 rings (SSSR count). The van der Waals surface area contributed by atoms with E-state index < -0.39 is 0 Å². The highest BCUT2D eigenvalue weighted by molar-refractivity contribution is 5.24. The minimum atomic E-state index is -0.0921. The number of hydrogen-bond acceptors (Lipinski definition) is 2. The van der Waals surface area contributed by atoms with Crippen LogP contribution in [0.1, 0.15) is 57.6 Å². The lowest BCUT2D eigenvalue weighted by atomic mass is 9.83. The predicted molar refractivity (Wildman–Crippen MR) is 85.3 cm³/mol. The number of hydrogen-bond donors (Lipinski definition) is 0. The van der Waals surface area contributed by atoms with Gasteiger partial charge in [0.1, 0.15) is 0 Å². The zero-order chi connectivity index (χ0) is 15.1. The zero-order valence-electron chi connectivity index (χ0n) is 13.8. The first-order valence-electron chi connectivity index (χ1n) is 8.31. The van der Waals surface area contributed by atoms with Crippen LogP contribution < -0.4 is 0 Å². The lowest BCUT2D eigenvalue weighted by Crippen LogP contribution is -2.44. The zero-order valence-corrected chi connectivity index (χ0v) is 13.8. The van der Waals surface area contributed by atoms with Crippen LogP contribution in [0.25, 0.3) is 0 Å². The molecule has 21 heavy (non-hydrogen) atoms. The molecule has 0 aliphatic carbocycles. The van der Waals surface area contributed by atoms with Gasteiger partial charge in [0.15, 0.2) is 0 Å². The first-order chi connectivity index (χ1) is 9.95. The third-order valence-corrected chi connectivity index (χ3v) is 5.68. The molecule has 2 aliphatic rings. The number of fused-ring (bicyclic) bond motifs is 2. The van der Waals surface area contributed by atoms with Crippen molar-refractivity contribution in [2.24, 2.45) is 5.92 Å². The van der Waals surface area contributed by atoms with Crippen molar-refractivity contribution in [2.45, 2.75) is 77.3 Å². The number of aryl methyl sites for hydroxylation is 1. The van der Waals surface area contributed by atoms with E-state index in [2.05, 4.69) is 52.0 Å². The van der Waals surface area contributed by atoms with Gasteiger partial charge in [0, 0.05) is 6.42 Å². The van der Waals surface area contributed by atoms with E-state index in [9.17, 15) is 0 Å². The van der Waals surface area contributed by atoms with Crippen LogP contribution in [-0.2, 0) is 16.1 Å². The summed E-state index contributed by atoms with van der Waals surface area (Å²) in [5, 5.41) is 0. The van der Waals surface area contributed by atoms with Crippen LogP contribution in [0.5, 0.6) is 0 Å². The third kappa shape index (κ3) is 2.64. The Labute approximate surface area is 128 Å². The van der Waals surface area contributed by atoms with Crippen molar-refractivity contribution in [3.8, 4) is 0 Å². The monoisotopic (exact) mass is 288 g/mol. The van der Waals surface area contributed by atoms with Gasteiger partial charge in [-0.25, -0.2) is 0 Å². The van der Waals surface area contributed by atoms with Crippen molar-refractivity contribution in [3.05, 3.63) is 35.4 Å². The van der Waals surface area contributed by atoms with Crippen molar-refractivity contribution in [3.63, 3.8) is 0 Å². The van der Waals surface area contributed by atoms with E-state index in [-0.39, 0.29) is 17.3 Å². The van der Waals surface area contributed by atoms with Crippen molar-refractivity contribution in [1.82, 2.24) is 0 Å². The second-order valence-corrected chi connectivity index (χ2v) is 7.42. The van der Waals surface area contributed by atoms with E-state index in [4.69, 9.17) is 9.47 Å². The van der Waals surface area contributed by atoms with Gasteiger partial charge in [-0.05, 0) is 50.2 Å². The molecular weight excluding hydrogens is 260 g/mol. The van der Waals surface area contributed by atoms with Gasteiger partial charge in [-0.15, -0.1) is 0 Å². The molecule has 2 heterocycles. The molecule has 3 atom stereocenters. The van der Waals surface area contributed by atoms with Crippen molar-refractivity contribution in [1.29, 1.82) is 0 Å². The summed E-state index contributed by atoms with van der Waals surface area (Å²) in [6, 6.07) is 8.49. The molecule has 0 radical (unpaired) electrons. The average Bonchev–Trinajstić information content (AvgIpc) is 2.65. The Morgan fingerprint density at radius 1 is 1.29 bits per heavy atom. The van der Waals surface area contributed by atoms with Gasteiger partial charge < -0.3 is 9.47 Å². The van der Waals surface area contributed by atoms with Crippen molar-refractivity contribution < 1.29 is 9.47 Å². The number of rotatable bonds is 4. The van der Waals surface area contributed by atoms with Crippen molar-refractivity contribution in [2.75, 3.05) is 0 Å². The van der Waals surface area contributed by atoms with E-state index in [1.807, 2.05) is 0 Å². The molecule has 2 bridgehead atoms. The average molecular weight is 288 g/mol. The van der Waals surface area contributed by atoms with Gasteiger partial charge >= 0.3 is 0 Å². The Morgan fingerprint density at radius 3 is 2.71 bits per heavy atom. The maximum Gasteiger partial charge on any atom is 0.0923 e. The normalized spacial score (nSPS) is 35.4. The van der Waals surface area contributed by atoms with E-state index in [1.165, 1.54) is 24.0 Å². The topological polar surface area (TPSA) is 18.5 Å². The van der Waals surface area contributed by atoms with Crippen LogP contribution in [0.2, 0.25) is 0 Å². The maximum absolute atomic E-state index is 6.54. The molecule has 0 unspecified atom stereocenters. The highest BCUT2D eigenvalue weighted by Crippen LogP contribution is 2.52. The van der Waals surface area contributed by atoms with Gasteiger partial charge in [-0.1, -0.05) is 38.1 Å². The summed E-state index contributed by atoms with van der Waals surface area (Å²) >= 11 is 0. The van der Waals surface area contributed by atoms with Gasteiger partial charge in [0.2, 0.25) is 0 Å². The first-order valence-corrected chi connectivity index (χ1v) is 8.31. The van der Waals surface area contributed by atoms with E-state index in [0.717, 1.165) is 12.8 Å². The summed E-state index contributed by atoms with van der Waals surface area (Å²) in [6.45, 7) is 9.67. The molecule has 1 aromatic carbocycles. The molecule has 0 amide bonds. The second-order valence-electron chi connectivity index (χ2n) is 7.42. The van der Waals surface area contributed by atoms with Crippen molar-refractivity contribution >= 4 is 0 Å². The summed E-state index contributed by atoms with van der Waals surface area (Å²) in [7, 11) is 0. The fourth-order valence-corrected chi connectivity index (χ4v) is 4.05. The van der Waals surface area contributed by atoms with Crippen LogP contribution in [-0.4, -0.2) is 17.3 Å². The maximum atomic E-state index is 6.54. The van der Waals surface area contributed by atoms with Gasteiger partial charge in [0.25, 0.3) is 0 Å². The minimum Gasteiger partial charge on any atom is -0.370 e. The van der Waals surface area contributed by atoms with Crippen LogP contribution in [0.3, 0.4) is 0 Å². The van der Waals surface area contributed by atoms with E-state index in [0.29, 0.717) is 12.5 Å². The summed E-state index contributed by atoms with van der Waals surface area (Å²) in [5.41, 5.74) is 2.55. The Bertz CT molecular complexity index is 510. The Morgan fingerprint density at radius 2 is 2.05 bits per heavy atom. The molecule has 116 valence electrons. The molecule has 2 fully saturated rings. The molecule has 0 N–H and O–H groups in total. The molecule has 1 aromatic rings. The SMILES string of the molecule is Cc1ccccc1CO[C@@H]1C[C@@]2(C(C)C)CCC[C@]1(C)O2. The lowest BCUT2D eigenvalue weighted by molar-refractivity contribution is -0.171. The van der Waals surface area contributed by atoms with E-state index in [1.54, 1.807) is 0 Å². The summed E-state index contributed by atoms with van der Waals surface area (Å²) in [5.74, 6) is 0.559. The standard InChI is InChI=1S/C19H28O2/c1-14(2)19-11-7-10-18(4,21-19)17(12-19)20-13-16-9-6-5-8-15(16)3/h5-6,8-9,14,17H,7,10-13H2,1-4H3/t17-,18+,19-/m1/s1. The summed E-state index contributed by atoms with van der Waals surface area (Å²) < 4.78 is 12.9. The smallest absolute Gasteiger partial charge is 0.0923 e. The molecular formula is C19H28O2. The molecule has 0 saturated carbocycles. The molecule has 0 spiro atoms. The highest BCUT2D eigenvalue weighted by atomic mass is 16.6. The Balaban J connectivity index is 1.73. The molecule has 2 heteroatoms. The lowest BCUT2D eigenvalue weighted by Gasteiger charge is -2.41. The largest absolute Gasteiger partial charge is 0.370 e. The van der Waals surface area contributed by atoms with Crippen LogP contribution in [0.4, 0.5) is 0 Å². The molecule has 2 saturated heterocycles. The summed E-state index contributed by atoms with van der Waals surface area (Å²) in [4.78, 5) is 0. The number of ether oxygens (including phenoxy) is 2. The minimum absolute atomic E-state index is 0.0450. The highest BCUT2D eigenvalue weighted by Gasteiger charge is 2.57. The Hall–Kier alpha value is -0.860. The third-order valence-electron chi connectivity index (χ3n) is 5.68. The summed E-state index contributed by atoms with van der Waals surface area (Å²) in [6.07, 6.45) is 4.85. The Kier molecular flexibility index (Phi) is 3.87.